The monoisotopic (exact) mass is 465 g/mol. The molecule has 0 aliphatic carbocycles. The fourth-order valence-electron chi connectivity index (χ4n) is 3.89. The highest BCUT2D eigenvalue weighted by Gasteiger charge is 2.29. The normalized spacial score (nSPS) is 14.0. The molecule has 10 heteroatoms. The van der Waals surface area contributed by atoms with Gasteiger partial charge in [0.15, 0.2) is 16.5 Å². The maximum Gasteiger partial charge on any atom is 0.324 e. The summed E-state index contributed by atoms with van der Waals surface area (Å²) in [5, 5.41) is 3.17. The van der Waals surface area contributed by atoms with E-state index < -0.39 is 0 Å². The third-order valence-corrected chi connectivity index (χ3v) is 6.70. The van der Waals surface area contributed by atoms with Crippen molar-refractivity contribution in [3.63, 3.8) is 0 Å². The van der Waals surface area contributed by atoms with Gasteiger partial charge in [0.25, 0.3) is 5.91 Å². The van der Waals surface area contributed by atoms with Crippen molar-refractivity contribution in [2.75, 3.05) is 35.8 Å². The Bertz CT molecular complexity index is 1230. The van der Waals surface area contributed by atoms with Crippen LogP contribution in [0.3, 0.4) is 0 Å². The number of hydrogen-bond donors (Lipinski definition) is 2. The van der Waals surface area contributed by atoms with E-state index >= 15 is 0 Å². The largest absolute Gasteiger partial charge is 0.454 e. The van der Waals surface area contributed by atoms with Crippen LogP contribution >= 0.6 is 11.3 Å². The molecule has 0 saturated carbocycles. The van der Waals surface area contributed by atoms with Gasteiger partial charge in [-0.25, -0.2) is 9.78 Å². The number of nitrogens with one attached hydrogen (secondary N) is 1. The van der Waals surface area contributed by atoms with Crippen LogP contribution in [0, 0.1) is 0 Å². The number of rotatable bonds is 4. The molecule has 0 unspecified atom stereocenters. The molecule has 170 valence electrons. The van der Waals surface area contributed by atoms with E-state index in [1.54, 1.807) is 21.9 Å². The Morgan fingerprint density at radius 3 is 2.85 bits per heavy atom. The number of thiazole rings is 1. The predicted molar refractivity (Wildman–Crippen MR) is 126 cm³/mol. The highest BCUT2D eigenvalue weighted by Crippen LogP contribution is 2.36. The summed E-state index contributed by atoms with van der Waals surface area (Å²) >= 11 is 1.31. The van der Waals surface area contributed by atoms with Gasteiger partial charge in [-0.3, -0.25) is 9.69 Å². The number of aromatic nitrogens is 1. The Hall–Kier alpha value is -3.79. The van der Waals surface area contributed by atoms with E-state index in [2.05, 4.69) is 10.3 Å². The van der Waals surface area contributed by atoms with Gasteiger partial charge in [0.05, 0.1) is 23.6 Å². The van der Waals surface area contributed by atoms with Gasteiger partial charge >= 0.3 is 6.03 Å². The van der Waals surface area contributed by atoms with Crippen LogP contribution in [0.4, 0.5) is 21.9 Å². The zero-order chi connectivity index (χ0) is 22.9. The fraction of sp³-hybridized carbons (Fsp3) is 0.261. The number of nitrogens with zero attached hydrogens (tertiary/aromatic N) is 3. The molecule has 33 heavy (non-hydrogen) atoms. The summed E-state index contributed by atoms with van der Waals surface area (Å²) in [5.74, 6) is 1.01. The van der Waals surface area contributed by atoms with Crippen LogP contribution in [0.1, 0.15) is 27.3 Å². The van der Waals surface area contributed by atoms with Gasteiger partial charge < -0.3 is 25.4 Å². The molecule has 3 N–H and O–H groups in total. The summed E-state index contributed by atoms with van der Waals surface area (Å²) in [6.07, 6.45) is 0.594. The van der Waals surface area contributed by atoms with Crippen molar-refractivity contribution in [3.05, 3.63) is 58.0 Å². The summed E-state index contributed by atoms with van der Waals surface area (Å²) in [6.45, 7) is 3.57. The first-order valence-electron chi connectivity index (χ1n) is 10.6. The second-order valence-electron chi connectivity index (χ2n) is 7.67. The van der Waals surface area contributed by atoms with Crippen molar-refractivity contribution < 1.29 is 19.1 Å². The number of anilines is 3. The average Bonchev–Trinajstić information content (AvgIpc) is 3.47. The number of para-hydroxylation sites is 2. The second-order valence-corrected chi connectivity index (χ2v) is 8.75. The number of carbonyl (C=O) groups is 2. The van der Waals surface area contributed by atoms with Crippen LogP contribution in [0.5, 0.6) is 11.5 Å². The molecule has 5 rings (SSSR count). The molecule has 0 bridgehead atoms. The van der Waals surface area contributed by atoms with Crippen molar-refractivity contribution in [1.82, 2.24) is 9.88 Å². The Kier molecular flexibility index (Phi) is 5.51. The number of urea groups is 1. The zero-order valence-corrected chi connectivity index (χ0v) is 18.9. The second kappa shape index (κ2) is 8.62. The van der Waals surface area contributed by atoms with E-state index in [4.69, 9.17) is 15.2 Å². The minimum absolute atomic E-state index is 0.0986. The number of nitrogen functional groups attached to an aromatic ring is 1. The minimum atomic E-state index is -0.305. The molecule has 3 amide bonds. The molecule has 0 atom stereocenters. The first-order chi connectivity index (χ1) is 16.0. The van der Waals surface area contributed by atoms with Crippen LogP contribution in [0.2, 0.25) is 0 Å². The van der Waals surface area contributed by atoms with Crippen molar-refractivity contribution in [1.29, 1.82) is 0 Å². The summed E-state index contributed by atoms with van der Waals surface area (Å²) in [6, 6.07) is 12.5. The number of hydrogen-bond acceptors (Lipinski definition) is 7. The molecule has 2 aliphatic rings. The van der Waals surface area contributed by atoms with Crippen LogP contribution in [0.15, 0.2) is 42.5 Å². The highest BCUT2D eigenvalue weighted by molar-refractivity contribution is 7.13. The Balaban J connectivity index is 1.30. The molecule has 9 nitrogen and oxygen atoms in total. The number of benzene rings is 2. The number of amides is 3. The van der Waals surface area contributed by atoms with Crippen molar-refractivity contribution in [2.45, 2.75) is 19.9 Å². The van der Waals surface area contributed by atoms with Crippen LogP contribution in [0.25, 0.3) is 0 Å². The van der Waals surface area contributed by atoms with E-state index in [0.717, 1.165) is 16.3 Å². The summed E-state index contributed by atoms with van der Waals surface area (Å²) < 4.78 is 10.8. The molecular weight excluding hydrogens is 442 g/mol. The molecule has 3 aromatic rings. The SMILES string of the molecule is CCN(C(=O)N1CCc2nc(C(=O)Nc3ccccc3N)sc2C1)c1ccc2c(c1)OCO2. The Labute approximate surface area is 194 Å². The predicted octanol–water partition coefficient (Wildman–Crippen LogP) is 3.71. The maximum absolute atomic E-state index is 13.3. The number of nitrogens with two attached hydrogens (primary N) is 1. The van der Waals surface area contributed by atoms with E-state index in [1.807, 2.05) is 37.3 Å². The molecule has 1 aromatic heterocycles. The summed E-state index contributed by atoms with van der Waals surface area (Å²) in [7, 11) is 0. The third-order valence-electron chi connectivity index (χ3n) is 5.62. The van der Waals surface area contributed by atoms with Gasteiger partial charge in [0.2, 0.25) is 6.79 Å². The lowest BCUT2D eigenvalue weighted by molar-refractivity contribution is 0.102. The van der Waals surface area contributed by atoms with Gasteiger partial charge in [-0.15, -0.1) is 11.3 Å². The topological polar surface area (TPSA) is 110 Å². The number of fused-ring (bicyclic) bond motifs is 2. The third kappa shape index (κ3) is 4.05. The first-order valence-corrected chi connectivity index (χ1v) is 11.5. The van der Waals surface area contributed by atoms with Crippen molar-refractivity contribution in [3.8, 4) is 11.5 Å². The lowest BCUT2D eigenvalue weighted by Crippen LogP contribution is -2.45. The summed E-state index contributed by atoms with van der Waals surface area (Å²) in [4.78, 5) is 35.0. The van der Waals surface area contributed by atoms with E-state index in [9.17, 15) is 9.59 Å². The smallest absolute Gasteiger partial charge is 0.324 e. The molecule has 3 heterocycles. The summed E-state index contributed by atoms with van der Waals surface area (Å²) in [5.41, 5.74) is 8.58. The molecule has 0 fully saturated rings. The Morgan fingerprint density at radius 2 is 2.03 bits per heavy atom. The molecular formula is C23H23N5O4S. The van der Waals surface area contributed by atoms with Crippen LogP contribution < -0.4 is 25.4 Å². The zero-order valence-electron chi connectivity index (χ0n) is 18.0. The molecule has 0 saturated heterocycles. The lowest BCUT2D eigenvalue weighted by Gasteiger charge is -2.32. The van der Waals surface area contributed by atoms with Gasteiger partial charge in [-0.2, -0.15) is 0 Å². The quantitative estimate of drug-likeness (QED) is 0.569. The fourth-order valence-corrected chi connectivity index (χ4v) is 4.91. The standard InChI is InChI=1S/C23H23N5O4S/c1-2-28(14-7-8-18-19(11-14)32-13-31-18)23(30)27-10-9-17-20(12-27)33-22(26-17)21(29)25-16-6-4-3-5-15(16)24/h3-8,11H,2,9-10,12-13,24H2,1H3,(H,25,29). The van der Waals surface area contributed by atoms with Crippen LogP contribution in [-0.2, 0) is 13.0 Å². The van der Waals surface area contributed by atoms with Gasteiger partial charge in [-0.05, 0) is 31.2 Å². The molecule has 0 radical (unpaired) electrons. The van der Waals surface area contributed by atoms with Gasteiger partial charge in [-0.1, -0.05) is 12.1 Å². The first kappa shape index (κ1) is 21.1. The molecule has 0 spiro atoms. The lowest BCUT2D eigenvalue weighted by atomic mass is 10.2. The number of ether oxygens (including phenoxy) is 2. The average molecular weight is 466 g/mol. The van der Waals surface area contributed by atoms with Crippen molar-refractivity contribution in [2.24, 2.45) is 0 Å². The van der Waals surface area contributed by atoms with E-state index in [1.165, 1.54) is 11.3 Å². The Morgan fingerprint density at radius 1 is 1.21 bits per heavy atom. The van der Waals surface area contributed by atoms with Crippen molar-refractivity contribution >= 4 is 40.3 Å². The van der Waals surface area contributed by atoms with Crippen LogP contribution in [-0.4, -0.2) is 41.7 Å². The maximum atomic E-state index is 13.3. The highest BCUT2D eigenvalue weighted by atomic mass is 32.1. The number of carbonyl (C=O) groups excluding carboxylic acids is 2. The van der Waals surface area contributed by atoms with Gasteiger partial charge in [0, 0.05) is 36.1 Å². The van der Waals surface area contributed by atoms with E-state index in [-0.39, 0.29) is 18.7 Å². The minimum Gasteiger partial charge on any atom is -0.454 e. The van der Waals surface area contributed by atoms with E-state index in [0.29, 0.717) is 53.9 Å². The molecule has 2 aromatic carbocycles. The molecule has 2 aliphatic heterocycles. The van der Waals surface area contributed by atoms with Gasteiger partial charge in [0.1, 0.15) is 0 Å².